The van der Waals surface area contributed by atoms with Crippen LogP contribution in [-0.4, -0.2) is 9.55 Å². The molecule has 102 valence electrons. The summed E-state index contributed by atoms with van der Waals surface area (Å²) in [6, 6.07) is 12.4. The Balaban J connectivity index is 2.18. The van der Waals surface area contributed by atoms with Crippen molar-refractivity contribution in [2.24, 2.45) is 5.73 Å². The molecule has 4 heteroatoms. The van der Waals surface area contributed by atoms with Crippen LogP contribution in [0.1, 0.15) is 12.5 Å². The van der Waals surface area contributed by atoms with E-state index in [9.17, 15) is 0 Å². The summed E-state index contributed by atoms with van der Waals surface area (Å²) in [5.74, 6) is 0. The van der Waals surface area contributed by atoms with Crippen molar-refractivity contribution in [1.82, 2.24) is 9.55 Å². The van der Waals surface area contributed by atoms with Gasteiger partial charge in [0.15, 0.2) is 0 Å². The van der Waals surface area contributed by atoms with Crippen molar-refractivity contribution in [3.63, 3.8) is 0 Å². The molecule has 1 aromatic carbocycles. The highest BCUT2D eigenvalue weighted by atomic mass is 15.0. The third-order valence-electron chi connectivity index (χ3n) is 3.56. The van der Waals surface area contributed by atoms with Gasteiger partial charge in [-0.2, -0.15) is 0 Å². The van der Waals surface area contributed by atoms with Gasteiger partial charge in [0, 0.05) is 18.5 Å². The molecule has 20 heavy (non-hydrogen) atoms. The van der Waals surface area contributed by atoms with Crippen LogP contribution in [0, 0.1) is 0 Å². The van der Waals surface area contributed by atoms with E-state index in [-0.39, 0.29) is 0 Å². The average molecular weight is 266 g/mol. The molecule has 0 aliphatic rings. The number of fused-ring (bicyclic) bond motifs is 1. The fourth-order valence-electron chi connectivity index (χ4n) is 2.53. The number of pyridine rings is 1. The maximum atomic E-state index is 5.82. The first-order valence-corrected chi connectivity index (χ1v) is 6.77. The molecular weight excluding hydrogens is 248 g/mol. The molecule has 2 aromatic heterocycles. The summed E-state index contributed by atoms with van der Waals surface area (Å²) in [4.78, 5) is 4.45. The number of nitrogen functional groups attached to an aromatic ring is 1. The van der Waals surface area contributed by atoms with Crippen molar-refractivity contribution in [3.05, 3.63) is 48.2 Å². The van der Waals surface area contributed by atoms with E-state index in [1.54, 1.807) is 6.20 Å². The summed E-state index contributed by atoms with van der Waals surface area (Å²) >= 11 is 0. The minimum absolute atomic E-state index is 0.565. The minimum Gasteiger partial charge on any atom is -0.397 e. The molecular formula is C16H18N4. The van der Waals surface area contributed by atoms with E-state index in [0.717, 1.165) is 28.8 Å². The molecule has 0 aliphatic carbocycles. The van der Waals surface area contributed by atoms with Crippen LogP contribution >= 0.6 is 0 Å². The van der Waals surface area contributed by atoms with E-state index < -0.39 is 0 Å². The largest absolute Gasteiger partial charge is 0.397 e. The molecule has 0 bridgehead atoms. The van der Waals surface area contributed by atoms with Crippen LogP contribution in [-0.2, 0) is 13.1 Å². The van der Waals surface area contributed by atoms with Crippen molar-refractivity contribution >= 4 is 16.7 Å². The number of nitrogens with zero attached hydrogens (tertiary/aromatic N) is 2. The molecule has 0 fully saturated rings. The third kappa shape index (κ3) is 2.04. The molecule has 0 amide bonds. The Kier molecular flexibility index (Phi) is 3.16. The van der Waals surface area contributed by atoms with Gasteiger partial charge in [0.25, 0.3) is 0 Å². The van der Waals surface area contributed by atoms with Gasteiger partial charge < -0.3 is 16.0 Å². The second-order valence-corrected chi connectivity index (χ2v) is 4.86. The van der Waals surface area contributed by atoms with Crippen molar-refractivity contribution < 1.29 is 0 Å². The number of aromatic nitrogens is 2. The van der Waals surface area contributed by atoms with Gasteiger partial charge in [-0.15, -0.1) is 0 Å². The van der Waals surface area contributed by atoms with E-state index >= 15 is 0 Å². The lowest BCUT2D eigenvalue weighted by Gasteiger charge is -2.08. The van der Waals surface area contributed by atoms with Crippen LogP contribution in [0.5, 0.6) is 0 Å². The molecule has 0 atom stereocenters. The normalized spacial score (nSPS) is 11.1. The fraction of sp³-hybridized carbons (Fsp3) is 0.188. The molecule has 4 nitrogen and oxygen atoms in total. The second-order valence-electron chi connectivity index (χ2n) is 4.86. The predicted octanol–water partition coefficient (Wildman–Crippen LogP) is 2.76. The summed E-state index contributed by atoms with van der Waals surface area (Å²) in [7, 11) is 0. The number of rotatable bonds is 3. The van der Waals surface area contributed by atoms with E-state index in [1.807, 2.05) is 6.07 Å². The van der Waals surface area contributed by atoms with Crippen molar-refractivity contribution in [2.75, 3.05) is 5.73 Å². The Hall–Kier alpha value is -2.33. The highest BCUT2D eigenvalue weighted by molar-refractivity contribution is 5.86. The van der Waals surface area contributed by atoms with Crippen molar-refractivity contribution in [3.8, 4) is 11.3 Å². The van der Waals surface area contributed by atoms with E-state index in [0.29, 0.717) is 12.2 Å². The van der Waals surface area contributed by atoms with Gasteiger partial charge in [-0.25, -0.2) is 4.98 Å². The second kappa shape index (κ2) is 4.98. The van der Waals surface area contributed by atoms with Gasteiger partial charge in [0.2, 0.25) is 0 Å². The summed E-state index contributed by atoms with van der Waals surface area (Å²) in [5.41, 5.74) is 16.6. The lowest BCUT2D eigenvalue weighted by molar-refractivity contribution is 0.795. The third-order valence-corrected chi connectivity index (χ3v) is 3.56. The maximum Gasteiger partial charge on any atom is 0.140 e. The Bertz CT molecular complexity index is 741. The highest BCUT2D eigenvalue weighted by Crippen LogP contribution is 2.28. The molecule has 0 aliphatic heterocycles. The molecule has 0 spiro atoms. The van der Waals surface area contributed by atoms with E-state index in [1.165, 1.54) is 5.56 Å². The fourth-order valence-corrected chi connectivity index (χ4v) is 2.53. The van der Waals surface area contributed by atoms with E-state index in [4.69, 9.17) is 11.5 Å². The SMILES string of the molecule is CCn1c(-c2ccc(CN)cc2)cc2cc(N)cnc21. The van der Waals surface area contributed by atoms with Crippen molar-refractivity contribution in [1.29, 1.82) is 0 Å². The molecule has 0 radical (unpaired) electrons. The van der Waals surface area contributed by atoms with Gasteiger partial charge in [-0.1, -0.05) is 24.3 Å². The molecule has 4 N–H and O–H groups in total. The van der Waals surface area contributed by atoms with Crippen LogP contribution in [0.15, 0.2) is 42.6 Å². The maximum absolute atomic E-state index is 5.82. The predicted molar refractivity (Wildman–Crippen MR) is 83.1 cm³/mol. The quantitative estimate of drug-likeness (QED) is 0.765. The topological polar surface area (TPSA) is 69.9 Å². The van der Waals surface area contributed by atoms with Gasteiger partial charge in [-0.05, 0) is 30.2 Å². The van der Waals surface area contributed by atoms with Gasteiger partial charge >= 0.3 is 0 Å². The summed E-state index contributed by atoms with van der Waals surface area (Å²) < 4.78 is 2.20. The molecule has 3 aromatic rings. The number of anilines is 1. The molecule has 3 rings (SSSR count). The standard InChI is InChI=1S/C16H18N4/c1-2-20-15(12-5-3-11(9-17)4-6-12)8-13-7-14(18)10-19-16(13)20/h3-8,10H,2,9,17-18H2,1H3. The number of nitrogens with two attached hydrogens (primary N) is 2. The first-order valence-electron chi connectivity index (χ1n) is 6.77. The number of aryl methyl sites for hydroxylation is 1. The van der Waals surface area contributed by atoms with Crippen molar-refractivity contribution in [2.45, 2.75) is 20.0 Å². The van der Waals surface area contributed by atoms with Gasteiger partial charge in [0.05, 0.1) is 17.6 Å². The average Bonchev–Trinajstić information content (AvgIpc) is 2.84. The molecule has 0 unspecified atom stereocenters. The number of hydrogen-bond acceptors (Lipinski definition) is 3. The highest BCUT2D eigenvalue weighted by Gasteiger charge is 2.10. The first kappa shape index (κ1) is 12.7. The minimum atomic E-state index is 0.565. The smallest absolute Gasteiger partial charge is 0.140 e. The zero-order valence-corrected chi connectivity index (χ0v) is 11.5. The molecule has 0 saturated heterocycles. The lowest BCUT2D eigenvalue weighted by Crippen LogP contribution is -1.99. The van der Waals surface area contributed by atoms with Crippen LogP contribution in [0.2, 0.25) is 0 Å². The Morgan fingerprint density at radius 1 is 1.15 bits per heavy atom. The van der Waals surface area contributed by atoms with Gasteiger partial charge in [0.1, 0.15) is 5.65 Å². The van der Waals surface area contributed by atoms with Crippen LogP contribution in [0.4, 0.5) is 5.69 Å². The summed E-state index contributed by atoms with van der Waals surface area (Å²) in [6.45, 7) is 3.55. The monoisotopic (exact) mass is 266 g/mol. The summed E-state index contributed by atoms with van der Waals surface area (Å²) in [5, 5.41) is 1.07. The van der Waals surface area contributed by atoms with Crippen LogP contribution in [0.25, 0.3) is 22.3 Å². The molecule has 0 saturated carbocycles. The number of benzene rings is 1. The van der Waals surface area contributed by atoms with E-state index in [2.05, 4.69) is 46.8 Å². The Morgan fingerprint density at radius 2 is 1.90 bits per heavy atom. The van der Waals surface area contributed by atoms with Crippen LogP contribution < -0.4 is 11.5 Å². The summed E-state index contributed by atoms with van der Waals surface area (Å²) in [6.07, 6.45) is 1.70. The first-order chi connectivity index (χ1) is 9.72. The zero-order chi connectivity index (χ0) is 14.1. The van der Waals surface area contributed by atoms with Crippen LogP contribution in [0.3, 0.4) is 0 Å². The van der Waals surface area contributed by atoms with Gasteiger partial charge in [-0.3, -0.25) is 0 Å². The molecule has 2 heterocycles. The lowest BCUT2D eigenvalue weighted by atomic mass is 10.1. The number of hydrogen-bond donors (Lipinski definition) is 2. The Labute approximate surface area is 118 Å². The Morgan fingerprint density at radius 3 is 2.55 bits per heavy atom. The zero-order valence-electron chi connectivity index (χ0n) is 11.5.